The largest absolute Gasteiger partial charge is 0.398 e. The van der Waals surface area contributed by atoms with Gasteiger partial charge in [-0.2, -0.15) is 0 Å². The van der Waals surface area contributed by atoms with Gasteiger partial charge in [0.25, 0.3) is 0 Å². The molecule has 8 rings (SSSR count). The van der Waals surface area contributed by atoms with Gasteiger partial charge in [-0.3, -0.25) is 0 Å². The van der Waals surface area contributed by atoms with Gasteiger partial charge < -0.3 is 15.2 Å². The van der Waals surface area contributed by atoms with Crippen LogP contribution in [0.25, 0.3) is 60.9 Å². The summed E-state index contributed by atoms with van der Waals surface area (Å²) in [7, 11) is 2.18. The molecule has 1 aromatic heterocycles. The van der Waals surface area contributed by atoms with Crippen LogP contribution in [0.15, 0.2) is 164 Å². The van der Waals surface area contributed by atoms with E-state index in [0.29, 0.717) is 0 Å². The van der Waals surface area contributed by atoms with Gasteiger partial charge in [0, 0.05) is 52.6 Å². The van der Waals surface area contributed by atoms with Gasteiger partial charge in [-0.05, 0) is 88.4 Å². The van der Waals surface area contributed by atoms with E-state index in [-0.39, 0.29) is 0 Å². The molecular weight excluding hydrogens is 583 g/mol. The fourth-order valence-corrected chi connectivity index (χ4v) is 7.37. The average molecular weight is 620 g/mol. The number of para-hydroxylation sites is 2. The molecule has 232 valence electrons. The summed E-state index contributed by atoms with van der Waals surface area (Å²) in [5.74, 6) is 0. The minimum absolute atomic E-state index is 0.720. The Morgan fingerprint density at radius 3 is 2.15 bits per heavy atom. The number of allylic oxidation sites excluding steroid dienone is 4. The molecule has 0 saturated heterocycles. The number of fused-ring (bicyclic) bond motifs is 4. The summed E-state index contributed by atoms with van der Waals surface area (Å²) in [4.78, 5) is 2.34. The highest BCUT2D eigenvalue weighted by atomic mass is 15.1. The summed E-state index contributed by atoms with van der Waals surface area (Å²) >= 11 is 0. The molecule has 0 atom stereocenters. The summed E-state index contributed by atoms with van der Waals surface area (Å²) < 4.78 is 2.36. The smallest absolute Gasteiger partial charge is 0.0541 e. The number of hydrogen-bond donors (Lipinski definition) is 1. The summed E-state index contributed by atoms with van der Waals surface area (Å²) in [6.07, 6.45) is 4.26. The third kappa shape index (κ3) is 4.83. The van der Waals surface area contributed by atoms with E-state index in [1.807, 2.05) is 18.2 Å². The Balaban J connectivity index is 1.23. The Hall–Kier alpha value is -6.06. The summed E-state index contributed by atoms with van der Waals surface area (Å²) in [6.45, 7) is 6.99. The number of nitrogens with two attached hydrogens (primary N) is 1. The lowest BCUT2D eigenvalue weighted by molar-refractivity contribution is 1.03. The number of likely N-dealkylation sites (N-methyl/N-ethyl adjacent to an activating group) is 1. The summed E-state index contributed by atoms with van der Waals surface area (Å²) in [5, 5.41) is 2.50. The molecule has 0 saturated carbocycles. The number of anilines is 2. The Labute approximate surface area is 282 Å². The lowest BCUT2D eigenvalue weighted by atomic mass is 9.96. The monoisotopic (exact) mass is 619 g/mol. The van der Waals surface area contributed by atoms with Gasteiger partial charge in [-0.15, -0.1) is 0 Å². The van der Waals surface area contributed by atoms with Crippen LogP contribution < -0.4 is 10.6 Å². The summed E-state index contributed by atoms with van der Waals surface area (Å²) in [6, 6.07) is 49.9. The highest BCUT2D eigenvalue weighted by molar-refractivity contribution is 6.10. The second kappa shape index (κ2) is 11.9. The topological polar surface area (TPSA) is 34.2 Å². The zero-order chi connectivity index (χ0) is 32.8. The average Bonchev–Trinajstić information content (AvgIpc) is 3.62. The SMILES string of the molecule is C=CC1=C(C)/C(=C/CN(C)c2cc(-c3ccc4c(c3)c3ccccc3n4-c3ccccc3)ccc2-c2ccccc2)c2c(N)cccc21. The van der Waals surface area contributed by atoms with E-state index >= 15 is 0 Å². The Bertz CT molecular complexity index is 2410. The summed E-state index contributed by atoms with van der Waals surface area (Å²) in [5.41, 5.74) is 22.7. The fraction of sp³-hybridized carbons (Fsp3) is 0.0667. The molecule has 0 bridgehead atoms. The molecule has 48 heavy (non-hydrogen) atoms. The van der Waals surface area contributed by atoms with Crippen molar-refractivity contribution in [2.45, 2.75) is 6.92 Å². The first-order valence-electron chi connectivity index (χ1n) is 16.5. The number of rotatable bonds is 7. The molecule has 3 heteroatoms. The van der Waals surface area contributed by atoms with Crippen LogP contribution in [0.3, 0.4) is 0 Å². The van der Waals surface area contributed by atoms with Crippen molar-refractivity contribution in [3.05, 3.63) is 175 Å². The highest BCUT2D eigenvalue weighted by Crippen LogP contribution is 2.45. The molecule has 0 amide bonds. The van der Waals surface area contributed by atoms with Crippen molar-refractivity contribution < 1.29 is 0 Å². The molecule has 0 radical (unpaired) electrons. The molecule has 1 aliphatic carbocycles. The molecule has 0 spiro atoms. The molecule has 6 aromatic carbocycles. The lowest BCUT2D eigenvalue weighted by Gasteiger charge is -2.23. The van der Waals surface area contributed by atoms with Crippen molar-refractivity contribution >= 4 is 44.3 Å². The van der Waals surface area contributed by atoms with Crippen molar-refractivity contribution in [2.24, 2.45) is 0 Å². The van der Waals surface area contributed by atoms with E-state index in [2.05, 4.69) is 163 Å². The molecule has 7 aromatic rings. The zero-order valence-electron chi connectivity index (χ0n) is 27.3. The first-order chi connectivity index (χ1) is 23.5. The van der Waals surface area contributed by atoms with E-state index in [4.69, 9.17) is 5.73 Å². The highest BCUT2D eigenvalue weighted by Gasteiger charge is 2.24. The van der Waals surface area contributed by atoms with Crippen LogP contribution in [-0.4, -0.2) is 18.2 Å². The molecule has 1 heterocycles. The van der Waals surface area contributed by atoms with Gasteiger partial charge in [-0.25, -0.2) is 0 Å². The normalized spacial score (nSPS) is 13.4. The van der Waals surface area contributed by atoms with Gasteiger partial charge in [0.15, 0.2) is 0 Å². The molecular formula is C45H37N3. The maximum absolute atomic E-state index is 6.54. The van der Waals surface area contributed by atoms with E-state index in [0.717, 1.165) is 28.9 Å². The molecule has 2 N–H and O–H groups in total. The quantitative estimate of drug-likeness (QED) is 0.180. The van der Waals surface area contributed by atoms with Crippen molar-refractivity contribution in [3.63, 3.8) is 0 Å². The van der Waals surface area contributed by atoms with Gasteiger partial charge in [0.2, 0.25) is 0 Å². The second-order valence-electron chi connectivity index (χ2n) is 12.5. The van der Waals surface area contributed by atoms with Crippen molar-refractivity contribution in [2.75, 3.05) is 24.2 Å². The lowest BCUT2D eigenvalue weighted by Crippen LogP contribution is -2.18. The molecule has 0 aliphatic heterocycles. The van der Waals surface area contributed by atoms with Crippen LogP contribution in [0.5, 0.6) is 0 Å². The first-order valence-corrected chi connectivity index (χ1v) is 16.5. The van der Waals surface area contributed by atoms with Crippen LogP contribution in [0.1, 0.15) is 18.1 Å². The predicted molar refractivity (Wildman–Crippen MR) is 207 cm³/mol. The predicted octanol–water partition coefficient (Wildman–Crippen LogP) is 11.2. The molecule has 1 aliphatic rings. The third-order valence-electron chi connectivity index (χ3n) is 9.75. The first kappa shape index (κ1) is 29.3. The number of benzene rings is 6. The Kier molecular flexibility index (Phi) is 7.30. The van der Waals surface area contributed by atoms with Gasteiger partial charge in [0.05, 0.1) is 11.0 Å². The third-order valence-corrected chi connectivity index (χ3v) is 9.75. The van der Waals surface area contributed by atoms with Crippen LogP contribution in [0, 0.1) is 0 Å². The maximum atomic E-state index is 6.54. The van der Waals surface area contributed by atoms with E-state index in [1.165, 1.54) is 66.6 Å². The maximum Gasteiger partial charge on any atom is 0.0541 e. The van der Waals surface area contributed by atoms with Crippen molar-refractivity contribution in [1.82, 2.24) is 4.57 Å². The second-order valence-corrected chi connectivity index (χ2v) is 12.5. The van der Waals surface area contributed by atoms with Gasteiger partial charge >= 0.3 is 0 Å². The number of aromatic nitrogens is 1. The Morgan fingerprint density at radius 1 is 0.667 bits per heavy atom. The van der Waals surface area contributed by atoms with Crippen molar-refractivity contribution in [1.29, 1.82) is 0 Å². The minimum atomic E-state index is 0.720. The van der Waals surface area contributed by atoms with Gasteiger partial charge in [0.1, 0.15) is 0 Å². The number of nitrogen functional groups attached to an aromatic ring is 1. The van der Waals surface area contributed by atoms with Crippen LogP contribution >= 0.6 is 0 Å². The van der Waals surface area contributed by atoms with Crippen molar-refractivity contribution in [3.8, 4) is 27.9 Å². The number of nitrogens with zero attached hydrogens (tertiary/aromatic N) is 2. The van der Waals surface area contributed by atoms with E-state index in [1.54, 1.807) is 0 Å². The number of hydrogen-bond acceptors (Lipinski definition) is 2. The standard InChI is InChI=1S/C45H37N3/c1-4-35-30(2)36(45-39(35)19-13-20-41(45)46)26-27-47(3)44-29-33(22-24-37(44)31-14-7-5-8-15-31)32-23-25-43-40(28-32)38-18-11-12-21-42(38)48(43)34-16-9-6-10-17-34/h4-26,28-29H,1,27,46H2,2-3H3/b36-26-. The van der Waals surface area contributed by atoms with E-state index in [9.17, 15) is 0 Å². The zero-order valence-corrected chi connectivity index (χ0v) is 27.3. The van der Waals surface area contributed by atoms with Gasteiger partial charge in [-0.1, -0.05) is 116 Å². The van der Waals surface area contributed by atoms with Crippen LogP contribution in [-0.2, 0) is 0 Å². The van der Waals surface area contributed by atoms with Crippen LogP contribution in [0.2, 0.25) is 0 Å². The van der Waals surface area contributed by atoms with Crippen LogP contribution in [0.4, 0.5) is 11.4 Å². The fourth-order valence-electron chi connectivity index (χ4n) is 7.37. The Morgan fingerprint density at radius 2 is 1.35 bits per heavy atom. The molecule has 3 nitrogen and oxygen atoms in total. The minimum Gasteiger partial charge on any atom is -0.398 e. The molecule has 0 unspecified atom stereocenters. The van der Waals surface area contributed by atoms with E-state index < -0.39 is 0 Å². The molecule has 0 fully saturated rings.